The van der Waals surface area contributed by atoms with E-state index in [1.807, 2.05) is 0 Å². The zero-order valence-corrected chi connectivity index (χ0v) is 14.8. The fourth-order valence-corrected chi connectivity index (χ4v) is 3.16. The van der Waals surface area contributed by atoms with E-state index in [1.165, 1.54) is 12.1 Å². The van der Waals surface area contributed by atoms with Crippen LogP contribution in [0, 0.1) is 12.7 Å². The SMILES string of the molecule is Cc1nc(COc2ccc(C(=O)N3CCCc4ccc(F)cc43)cc2)no1. The van der Waals surface area contributed by atoms with Gasteiger partial charge in [0.05, 0.1) is 5.69 Å². The van der Waals surface area contributed by atoms with E-state index in [2.05, 4.69) is 10.1 Å². The standard InChI is InChI=1S/C20H18FN3O3/c1-13-22-19(23-27-13)12-26-17-8-5-15(6-9-17)20(25)24-10-2-3-14-4-7-16(21)11-18(14)24/h4-9,11H,2-3,10,12H2,1H3. The molecule has 27 heavy (non-hydrogen) atoms. The number of carbonyl (C=O) groups excluding carboxylic acids is 1. The van der Waals surface area contributed by atoms with Crippen LogP contribution >= 0.6 is 0 Å². The highest BCUT2D eigenvalue weighted by atomic mass is 19.1. The predicted octanol–water partition coefficient (Wildman–Crippen LogP) is 3.69. The highest BCUT2D eigenvalue weighted by Gasteiger charge is 2.24. The Morgan fingerprint density at radius 2 is 2.07 bits per heavy atom. The van der Waals surface area contributed by atoms with Crippen molar-refractivity contribution >= 4 is 11.6 Å². The van der Waals surface area contributed by atoms with Gasteiger partial charge in [-0.15, -0.1) is 0 Å². The number of aryl methyl sites for hydroxylation is 2. The highest BCUT2D eigenvalue weighted by Crippen LogP contribution is 2.29. The van der Waals surface area contributed by atoms with Crippen LogP contribution in [-0.4, -0.2) is 22.6 Å². The van der Waals surface area contributed by atoms with Crippen molar-refractivity contribution in [2.75, 3.05) is 11.4 Å². The van der Waals surface area contributed by atoms with Gasteiger partial charge in [-0.2, -0.15) is 4.98 Å². The summed E-state index contributed by atoms with van der Waals surface area (Å²) in [5.74, 6) is 1.04. The van der Waals surface area contributed by atoms with Crippen LogP contribution in [0.2, 0.25) is 0 Å². The Hall–Kier alpha value is -3.22. The number of benzene rings is 2. The summed E-state index contributed by atoms with van der Waals surface area (Å²) < 4.78 is 24.1. The Labute approximate surface area is 155 Å². The molecule has 0 atom stereocenters. The number of anilines is 1. The van der Waals surface area contributed by atoms with Gasteiger partial charge in [-0.3, -0.25) is 4.79 Å². The first-order valence-electron chi connectivity index (χ1n) is 8.72. The van der Waals surface area contributed by atoms with E-state index in [0.717, 1.165) is 18.4 Å². The molecule has 1 aliphatic heterocycles. The fraction of sp³-hybridized carbons (Fsp3) is 0.250. The number of carbonyl (C=O) groups is 1. The quantitative estimate of drug-likeness (QED) is 0.703. The van der Waals surface area contributed by atoms with Crippen molar-refractivity contribution in [1.82, 2.24) is 10.1 Å². The van der Waals surface area contributed by atoms with Crippen molar-refractivity contribution in [1.29, 1.82) is 0 Å². The van der Waals surface area contributed by atoms with Crippen molar-refractivity contribution in [3.05, 3.63) is 71.1 Å². The molecule has 0 saturated heterocycles. The van der Waals surface area contributed by atoms with Crippen LogP contribution in [-0.2, 0) is 13.0 Å². The molecule has 1 amide bonds. The summed E-state index contributed by atoms with van der Waals surface area (Å²) in [5, 5.41) is 3.76. The summed E-state index contributed by atoms with van der Waals surface area (Å²) >= 11 is 0. The molecule has 0 unspecified atom stereocenters. The van der Waals surface area contributed by atoms with Gasteiger partial charge in [0.1, 0.15) is 11.6 Å². The summed E-state index contributed by atoms with van der Waals surface area (Å²) in [4.78, 5) is 18.6. The van der Waals surface area contributed by atoms with E-state index < -0.39 is 0 Å². The molecule has 3 aromatic rings. The van der Waals surface area contributed by atoms with Crippen molar-refractivity contribution in [2.24, 2.45) is 0 Å². The number of nitrogens with zero attached hydrogens (tertiary/aromatic N) is 3. The summed E-state index contributed by atoms with van der Waals surface area (Å²) in [6.07, 6.45) is 1.71. The summed E-state index contributed by atoms with van der Waals surface area (Å²) in [6.45, 7) is 2.47. The second-order valence-corrected chi connectivity index (χ2v) is 6.38. The molecule has 0 radical (unpaired) electrons. The number of fused-ring (bicyclic) bond motifs is 1. The minimum atomic E-state index is -0.339. The molecule has 0 spiro atoms. The second-order valence-electron chi connectivity index (χ2n) is 6.38. The first-order chi connectivity index (χ1) is 13.1. The molecule has 7 heteroatoms. The Morgan fingerprint density at radius 1 is 1.26 bits per heavy atom. The maximum atomic E-state index is 13.6. The molecule has 2 heterocycles. The van der Waals surface area contributed by atoms with E-state index in [4.69, 9.17) is 9.26 Å². The van der Waals surface area contributed by atoms with Gasteiger partial charge in [0, 0.05) is 19.0 Å². The van der Waals surface area contributed by atoms with Gasteiger partial charge >= 0.3 is 0 Å². The van der Waals surface area contributed by atoms with E-state index in [9.17, 15) is 9.18 Å². The molecule has 0 bridgehead atoms. The van der Waals surface area contributed by atoms with Crippen LogP contribution < -0.4 is 9.64 Å². The van der Waals surface area contributed by atoms with Crippen LogP contribution in [0.25, 0.3) is 0 Å². The fourth-order valence-electron chi connectivity index (χ4n) is 3.16. The normalized spacial score (nSPS) is 13.3. The third-order valence-electron chi connectivity index (χ3n) is 4.45. The van der Waals surface area contributed by atoms with Gasteiger partial charge in [-0.1, -0.05) is 11.2 Å². The molecule has 1 aliphatic rings. The lowest BCUT2D eigenvalue weighted by molar-refractivity contribution is 0.0985. The predicted molar refractivity (Wildman–Crippen MR) is 96.2 cm³/mol. The summed E-state index contributed by atoms with van der Waals surface area (Å²) in [5.41, 5.74) is 2.17. The Balaban J connectivity index is 1.48. The van der Waals surface area contributed by atoms with Gasteiger partial charge in [0.2, 0.25) is 11.7 Å². The molecule has 138 valence electrons. The lowest BCUT2D eigenvalue weighted by Gasteiger charge is -2.29. The maximum absolute atomic E-state index is 13.6. The maximum Gasteiger partial charge on any atom is 0.258 e. The monoisotopic (exact) mass is 367 g/mol. The van der Waals surface area contributed by atoms with Crippen molar-refractivity contribution in [3.8, 4) is 5.75 Å². The van der Waals surface area contributed by atoms with Crippen LogP contribution in [0.1, 0.15) is 34.1 Å². The number of amides is 1. The second kappa shape index (κ2) is 7.19. The first-order valence-corrected chi connectivity index (χ1v) is 8.72. The zero-order chi connectivity index (χ0) is 18.8. The van der Waals surface area contributed by atoms with Crippen molar-refractivity contribution in [2.45, 2.75) is 26.4 Å². The lowest BCUT2D eigenvalue weighted by Crippen LogP contribution is -2.35. The summed E-state index contributed by atoms with van der Waals surface area (Å²) in [7, 11) is 0. The van der Waals surface area contributed by atoms with Gasteiger partial charge < -0.3 is 14.2 Å². The molecule has 4 rings (SSSR count). The third-order valence-corrected chi connectivity index (χ3v) is 4.45. The molecule has 0 saturated carbocycles. The molecule has 2 aromatic carbocycles. The average Bonchev–Trinajstić information content (AvgIpc) is 3.11. The minimum Gasteiger partial charge on any atom is -0.485 e. The van der Waals surface area contributed by atoms with E-state index in [1.54, 1.807) is 42.2 Å². The number of ether oxygens (including phenoxy) is 1. The average molecular weight is 367 g/mol. The number of hydrogen-bond acceptors (Lipinski definition) is 5. The van der Waals surface area contributed by atoms with Crippen LogP contribution in [0.5, 0.6) is 5.75 Å². The number of aromatic nitrogens is 2. The minimum absolute atomic E-state index is 0.151. The van der Waals surface area contributed by atoms with Crippen molar-refractivity contribution < 1.29 is 18.4 Å². The molecule has 6 nitrogen and oxygen atoms in total. The molecule has 0 N–H and O–H groups in total. The smallest absolute Gasteiger partial charge is 0.258 e. The Kier molecular flexibility index (Phi) is 4.58. The van der Waals surface area contributed by atoms with E-state index in [0.29, 0.717) is 35.3 Å². The van der Waals surface area contributed by atoms with Gasteiger partial charge in [0.15, 0.2) is 6.61 Å². The number of rotatable bonds is 4. The van der Waals surface area contributed by atoms with Crippen LogP contribution in [0.15, 0.2) is 47.0 Å². The van der Waals surface area contributed by atoms with E-state index >= 15 is 0 Å². The molecule has 0 fully saturated rings. The zero-order valence-electron chi connectivity index (χ0n) is 14.8. The Morgan fingerprint density at radius 3 is 2.81 bits per heavy atom. The van der Waals surface area contributed by atoms with E-state index in [-0.39, 0.29) is 18.3 Å². The van der Waals surface area contributed by atoms with Crippen molar-refractivity contribution in [3.63, 3.8) is 0 Å². The largest absolute Gasteiger partial charge is 0.485 e. The lowest BCUT2D eigenvalue weighted by atomic mass is 10.0. The Bertz CT molecular complexity index is 969. The first kappa shape index (κ1) is 17.2. The number of halogens is 1. The topological polar surface area (TPSA) is 68.5 Å². The highest BCUT2D eigenvalue weighted by molar-refractivity contribution is 6.06. The molecule has 0 aliphatic carbocycles. The third kappa shape index (κ3) is 3.67. The molecular weight excluding hydrogens is 349 g/mol. The molecule has 1 aromatic heterocycles. The van der Waals surface area contributed by atoms with Crippen LogP contribution in [0.3, 0.4) is 0 Å². The van der Waals surface area contributed by atoms with Gasteiger partial charge in [-0.05, 0) is 54.8 Å². The van der Waals surface area contributed by atoms with Crippen LogP contribution in [0.4, 0.5) is 10.1 Å². The van der Waals surface area contributed by atoms with Gasteiger partial charge in [-0.25, -0.2) is 4.39 Å². The molecular formula is C20H18FN3O3. The summed E-state index contributed by atoms with van der Waals surface area (Å²) in [6, 6.07) is 11.5. The van der Waals surface area contributed by atoms with Gasteiger partial charge in [0.25, 0.3) is 5.91 Å². The number of hydrogen-bond donors (Lipinski definition) is 0.